The van der Waals surface area contributed by atoms with Crippen LogP contribution in [0.15, 0.2) is 37.0 Å². The molecule has 0 fully saturated rings. The van der Waals surface area contributed by atoms with Crippen molar-refractivity contribution in [3.63, 3.8) is 0 Å². The molecule has 0 bridgehead atoms. The van der Waals surface area contributed by atoms with Crippen LogP contribution in [0.4, 0.5) is 0 Å². The van der Waals surface area contributed by atoms with Gasteiger partial charge in [-0.1, -0.05) is 24.8 Å². The minimum Gasteiger partial charge on any atom is -0.351 e. The van der Waals surface area contributed by atoms with Crippen LogP contribution in [0.2, 0.25) is 0 Å². The molecular weight excluding hydrogens is 146 g/mol. The van der Waals surface area contributed by atoms with Crippen LogP contribution >= 0.6 is 0 Å². The zero-order chi connectivity index (χ0) is 8.55. The van der Waals surface area contributed by atoms with E-state index in [2.05, 4.69) is 48.7 Å². The predicted molar refractivity (Wildman–Crippen MR) is 53.0 cm³/mol. The third-order valence-corrected chi connectivity index (χ3v) is 2.18. The van der Waals surface area contributed by atoms with Gasteiger partial charge in [-0.2, -0.15) is 0 Å². The second-order valence-electron chi connectivity index (χ2n) is 2.91. The highest BCUT2D eigenvalue weighted by Crippen LogP contribution is 2.19. The number of fused-ring (bicyclic) bond motifs is 1. The quantitative estimate of drug-likeness (QED) is 0.600. The summed E-state index contributed by atoms with van der Waals surface area (Å²) in [6.07, 6.45) is 3.96. The van der Waals surface area contributed by atoms with Gasteiger partial charge in [-0.3, -0.25) is 0 Å². The lowest BCUT2D eigenvalue weighted by atomic mass is 10.1. The number of rotatable bonds is 1. The van der Waals surface area contributed by atoms with Crippen LogP contribution in [0.3, 0.4) is 0 Å². The number of hydrogen-bond donors (Lipinski definition) is 0. The van der Waals surface area contributed by atoms with E-state index in [1.54, 1.807) is 0 Å². The van der Waals surface area contributed by atoms with E-state index in [0.29, 0.717) is 0 Å². The maximum Gasteiger partial charge on any atom is 0.0483 e. The zero-order valence-corrected chi connectivity index (χ0v) is 7.12. The SMILES string of the molecule is C=Cc1cccc2c1ccn2C. The first-order valence-corrected chi connectivity index (χ1v) is 3.99. The van der Waals surface area contributed by atoms with Gasteiger partial charge in [-0.15, -0.1) is 0 Å². The Kier molecular flexibility index (Phi) is 1.51. The Labute approximate surface area is 71.9 Å². The molecule has 0 unspecified atom stereocenters. The fourth-order valence-electron chi connectivity index (χ4n) is 1.50. The van der Waals surface area contributed by atoms with Crippen molar-refractivity contribution >= 4 is 17.0 Å². The highest BCUT2D eigenvalue weighted by molar-refractivity contribution is 5.88. The number of aromatic nitrogens is 1. The Morgan fingerprint density at radius 2 is 2.17 bits per heavy atom. The first kappa shape index (κ1) is 7.17. The van der Waals surface area contributed by atoms with Gasteiger partial charge in [0, 0.05) is 24.1 Å². The molecule has 2 aromatic rings. The summed E-state index contributed by atoms with van der Waals surface area (Å²) in [5.41, 5.74) is 2.46. The summed E-state index contributed by atoms with van der Waals surface area (Å²) in [6, 6.07) is 8.36. The third kappa shape index (κ3) is 0.866. The molecule has 0 aliphatic heterocycles. The second-order valence-corrected chi connectivity index (χ2v) is 2.91. The van der Waals surface area contributed by atoms with Crippen molar-refractivity contribution in [2.45, 2.75) is 0 Å². The van der Waals surface area contributed by atoms with Crippen LogP contribution in [-0.4, -0.2) is 4.57 Å². The summed E-state index contributed by atoms with van der Waals surface area (Å²) in [6.45, 7) is 3.78. The zero-order valence-electron chi connectivity index (χ0n) is 7.12. The number of benzene rings is 1. The molecule has 0 amide bonds. The second kappa shape index (κ2) is 2.52. The normalized spacial score (nSPS) is 10.4. The molecule has 0 spiro atoms. The van der Waals surface area contributed by atoms with E-state index in [4.69, 9.17) is 0 Å². The maximum absolute atomic E-state index is 3.78. The predicted octanol–water partition coefficient (Wildman–Crippen LogP) is 2.82. The van der Waals surface area contributed by atoms with E-state index in [9.17, 15) is 0 Å². The van der Waals surface area contributed by atoms with Crippen LogP contribution in [0.25, 0.3) is 17.0 Å². The number of nitrogens with zero attached hydrogens (tertiary/aromatic N) is 1. The molecule has 60 valence electrons. The first-order valence-electron chi connectivity index (χ1n) is 3.99. The molecule has 1 heteroatoms. The summed E-state index contributed by atoms with van der Waals surface area (Å²) in [5.74, 6) is 0. The van der Waals surface area contributed by atoms with Crippen molar-refractivity contribution in [1.29, 1.82) is 0 Å². The van der Waals surface area contributed by atoms with Crippen LogP contribution in [-0.2, 0) is 7.05 Å². The van der Waals surface area contributed by atoms with Crippen molar-refractivity contribution < 1.29 is 0 Å². The Balaban J connectivity index is 2.89. The van der Waals surface area contributed by atoms with Crippen molar-refractivity contribution in [1.82, 2.24) is 4.57 Å². The minimum absolute atomic E-state index is 1.20. The molecule has 0 radical (unpaired) electrons. The molecule has 2 rings (SSSR count). The van der Waals surface area contributed by atoms with Gasteiger partial charge in [-0.05, 0) is 17.7 Å². The van der Waals surface area contributed by atoms with Gasteiger partial charge in [0.1, 0.15) is 0 Å². The molecule has 1 nitrogen and oxygen atoms in total. The fourth-order valence-corrected chi connectivity index (χ4v) is 1.50. The highest BCUT2D eigenvalue weighted by Gasteiger charge is 1.99. The Morgan fingerprint density at radius 1 is 1.33 bits per heavy atom. The average molecular weight is 157 g/mol. The topological polar surface area (TPSA) is 4.93 Å². The van der Waals surface area contributed by atoms with Crippen molar-refractivity contribution in [2.75, 3.05) is 0 Å². The Bertz CT molecular complexity index is 423. The molecule has 0 atom stereocenters. The molecule has 12 heavy (non-hydrogen) atoms. The summed E-state index contributed by atoms with van der Waals surface area (Å²) >= 11 is 0. The minimum atomic E-state index is 1.20. The summed E-state index contributed by atoms with van der Waals surface area (Å²) in [5, 5.41) is 1.27. The van der Waals surface area contributed by atoms with E-state index in [-0.39, 0.29) is 0 Å². The molecule has 0 N–H and O–H groups in total. The summed E-state index contributed by atoms with van der Waals surface area (Å²) in [7, 11) is 2.05. The lowest BCUT2D eigenvalue weighted by molar-refractivity contribution is 0.969. The molecule has 0 aliphatic carbocycles. The van der Waals surface area contributed by atoms with Gasteiger partial charge in [0.15, 0.2) is 0 Å². The van der Waals surface area contributed by atoms with Crippen LogP contribution in [0, 0.1) is 0 Å². The molecule has 1 heterocycles. The first-order chi connectivity index (χ1) is 5.83. The fraction of sp³-hybridized carbons (Fsp3) is 0.0909. The molecule has 0 saturated carbocycles. The van der Waals surface area contributed by atoms with Crippen molar-refractivity contribution in [2.24, 2.45) is 7.05 Å². The van der Waals surface area contributed by atoms with E-state index in [0.717, 1.165) is 0 Å². The highest BCUT2D eigenvalue weighted by atomic mass is 14.9. The van der Waals surface area contributed by atoms with Gasteiger partial charge in [0.05, 0.1) is 0 Å². The molecule has 0 aliphatic rings. The van der Waals surface area contributed by atoms with Gasteiger partial charge in [0.2, 0.25) is 0 Å². The smallest absolute Gasteiger partial charge is 0.0483 e. The monoisotopic (exact) mass is 157 g/mol. The molecular formula is C11H11N. The summed E-state index contributed by atoms with van der Waals surface area (Å²) < 4.78 is 2.11. The van der Waals surface area contributed by atoms with Gasteiger partial charge in [-0.25, -0.2) is 0 Å². The van der Waals surface area contributed by atoms with Gasteiger partial charge in [0.25, 0.3) is 0 Å². The number of hydrogen-bond acceptors (Lipinski definition) is 0. The molecule has 1 aromatic carbocycles. The lowest BCUT2D eigenvalue weighted by Gasteiger charge is -1.97. The molecule has 0 saturated heterocycles. The maximum atomic E-state index is 3.78. The van der Waals surface area contributed by atoms with Crippen LogP contribution in [0.5, 0.6) is 0 Å². The van der Waals surface area contributed by atoms with Gasteiger partial charge < -0.3 is 4.57 Å². The van der Waals surface area contributed by atoms with Crippen molar-refractivity contribution in [3.05, 3.63) is 42.6 Å². The van der Waals surface area contributed by atoms with Crippen LogP contribution in [0.1, 0.15) is 5.56 Å². The summed E-state index contributed by atoms with van der Waals surface area (Å²) in [4.78, 5) is 0. The van der Waals surface area contributed by atoms with E-state index >= 15 is 0 Å². The van der Waals surface area contributed by atoms with Crippen LogP contribution < -0.4 is 0 Å². The van der Waals surface area contributed by atoms with Gasteiger partial charge >= 0.3 is 0 Å². The average Bonchev–Trinajstić information content (AvgIpc) is 2.48. The van der Waals surface area contributed by atoms with Crippen molar-refractivity contribution in [3.8, 4) is 0 Å². The Hall–Kier alpha value is -1.50. The molecule has 1 aromatic heterocycles. The standard InChI is InChI=1S/C11H11N/c1-3-9-5-4-6-11-10(9)7-8-12(11)2/h3-8H,1H2,2H3. The van der Waals surface area contributed by atoms with E-state index in [1.807, 2.05) is 6.08 Å². The van der Waals surface area contributed by atoms with E-state index in [1.165, 1.54) is 16.5 Å². The number of aryl methyl sites for hydroxylation is 1. The largest absolute Gasteiger partial charge is 0.351 e. The lowest BCUT2D eigenvalue weighted by Crippen LogP contribution is -1.83. The third-order valence-electron chi connectivity index (χ3n) is 2.18. The van der Waals surface area contributed by atoms with E-state index < -0.39 is 0 Å². The Morgan fingerprint density at radius 3 is 2.92 bits per heavy atom.